The van der Waals surface area contributed by atoms with E-state index in [1.165, 1.54) is 0 Å². The highest BCUT2D eigenvalue weighted by molar-refractivity contribution is 7.41. The van der Waals surface area contributed by atoms with E-state index < -0.39 is 15.2 Å². The number of aliphatic hydroxyl groups excluding tert-OH is 2. The molecule has 0 radical (unpaired) electrons. The van der Waals surface area contributed by atoms with Crippen molar-refractivity contribution in [1.82, 2.24) is 0 Å². The molecule has 0 aliphatic heterocycles. The molecular weight excluding hydrogens is 184 g/mol. The summed E-state index contributed by atoms with van der Waals surface area (Å²) in [6.07, 6.45) is 0. The Bertz CT molecular complexity index is 144. The monoisotopic (exact) mass is 206 g/mol. The zero-order valence-corrected chi connectivity index (χ0v) is 10.9. The van der Waals surface area contributed by atoms with Crippen molar-refractivity contribution in [2.24, 2.45) is 0 Å². The van der Waals surface area contributed by atoms with Crippen LogP contribution in [0.4, 0.5) is 0 Å². The van der Waals surface area contributed by atoms with Crippen LogP contribution in [0.15, 0.2) is 0 Å². The summed E-state index contributed by atoms with van der Waals surface area (Å²) in [6, 6.07) is 0.928. The Morgan fingerprint density at radius 3 is 1.83 bits per heavy atom. The zero-order valence-electron chi connectivity index (χ0n) is 8.89. The van der Waals surface area contributed by atoms with Crippen LogP contribution < -0.4 is 0 Å². The smallest absolute Gasteiger partial charge is 0.0746 e. The second kappa shape index (κ2) is 4.04. The number of rotatable bonds is 4. The molecule has 0 aromatic carbocycles. The molecule has 0 aromatic heterocycles. The normalized spacial score (nSPS) is 16.2. The maximum atomic E-state index is 9.66. The van der Waals surface area contributed by atoms with Crippen LogP contribution in [-0.2, 0) is 0 Å². The third-order valence-corrected chi connectivity index (χ3v) is 23.0. The van der Waals surface area contributed by atoms with Gasteiger partial charge in [-0.15, -0.1) is 0 Å². The van der Waals surface area contributed by atoms with Gasteiger partial charge in [0.05, 0.1) is 7.59 Å². The van der Waals surface area contributed by atoms with Crippen molar-refractivity contribution in [2.45, 2.75) is 44.9 Å². The number of aliphatic hydroxyl groups is 2. The second-order valence-corrected chi connectivity index (χ2v) is 21.2. The SMILES string of the molecule is CC(O)[Si](C)(C)[Si](C)(C)CCO. The average Bonchev–Trinajstić information content (AvgIpc) is 1.86. The Hall–Kier alpha value is 0.354. The van der Waals surface area contributed by atoms with Gasteiger partial charge in [0.2, 0.25) is 0 Å². The van der Waals surface area contributed by atoms with E-state index in [1.54, 1.807) is 0 Å². The predicted molar refractivity (Wildman–Crippen MR) is 58.5 cm³/mol. The van der Waals surface area contributed by atoms with E-state index in [9.17, 15) is 5.11 Å². The molecule has 0 bridgehead atoms. The molecule has 2 N–H and O–H groups in total. The summed E-state index contributed by atoms with van der Waals surface area (Å²) in [7, 11) is -2.85. The van der Waals surface area contributed by atoms with Gasteiger partial charge in [-0.25, -0.2) is 0 Å². The van der Waals surface area contributed by atoms with Crippen LogP contribution in [0.1, 0.15) is 6.92 Å². The van der Waals surface area contributed by atoms with Crippen molar-refractivity contribution >= 4 is 15.2 Å². The first-order valence-electron chi connectivity index (χ1n) is 4.54. The largest absolute Gasteiger partial charge is 0.397 e. The highest BCUT2D eigenvalue weighted by Crippen LogP contribution is 2.25. The maximum absolute atomic E-state index is 9.66. The third kappa shape index (κ3) is 2.42. The predicted octanol–water partition coefficient (Wildman–Crippen LogP) is 1.39. The summed E-state index contributed by atoms with van der Waals surface area (Å²) < 4.78 is 0. The minimum Gasteiger partial charge on any atom is -0.397 e. The lowest BCUT2D eigenvalue weighted by atomic mass is 10.9. The van der Waals surface area contributed by atoms with E-state index >= 15 is 0 Å². The van der Waals surface area contributed by atoms with Crippen molar-refractivity contribution in [3.8, 4) is 0 Å². The van der Waals surface area contributed by atoms with Gasteiger partial charge in [-0.1, -0.05) is 26.2 Å². The Kier molecular flexibility index (Phi) is 4.16. The van der Waals surface area contributed by atoms with Crippen molar-refractivity contribution in [3.05, 3.63) is 0 Å². The fraction of sp³-hybridized carbons (Fsp3) is 1.00. The molecule has 0 rings (SSSR count). The van der Waals surface area contributed by atoms with Crippen molar-refractivity contribution in [3.63, 3.8) is 0 Å². The fourth-order valence-electron chi connectivity index (χ4n) is 1.17. The van der Waals surface area contributed by atoms with Crippen LogP contribution in [0.2, 0.25) is 32.2 Å². The van der Waals surface area contributed by atoms with Crippen molar-refractivity contribution in [1.29, 1.82) is 0 Å². The summed E-state index contributed by atoms with van der Waals surface area (Å²) in [6.45, 7) is 11.2. The molecule has 0 amide bonds. The molecule has 12 heavy (non-hydrogen) atoms. The molecule has 2 nitrogen and oxygen atoms in total. The first-order chi connectivity index (χ1) is 5.25. The molecule has 74 valence electrons. The molecule has 0 aliphatic carbocycles. The van der Waals surface area contributed by atoms with Gasteiger partial charge in [-0.05, 0) is 13.0 Å². The molecule has 0 spiro atoms. The number of hydrogen-bond donors (Lipinski definition) is 2. The van der Waals surface area contributed by atoms with Crippen molar-refractivity contribution < 1.29 is 10.2 Å². The lowest BCUT2D eigenvalue weighted by Crippen LogP contribution is -2.61. The Morgan fingerprint density at radius 2 is 1.58 bits per heavy atom. The van der Waals surface area contributed by atoms with E-state index in [2.05, 4.69) is 26.2 Å². The molecule has 0 saturated carbocycles. The average molecular weight is 206 g/mol. The van der Waals surface area contributed by atoms with Gasteiger partial charge in [0.25, 0.3) is 0 Å². The van der Waals surface area contributed by atoms with Crippen molar-refractivity contribution in [2.75, 3.05) is 6.61 Å². The molecule has 0 saturated heterocycles. The van der Waals surface area contributed by atoms with E-state index in [0.29, 0.717) is 0 Å². The fourth-order valence-corrected chi connectivity index (χ4v) is 9.16. The highest BCUT2D eigenvalue weighted by atomic mass is 29.3. The quantitative estimate of drug-likeness (QED) is 0.683. The van der Waals surface area contributed by atoms with E-state index in [-0.39, 0.29) is 12.3 Å². The Morgan fingerprint density at radius 1 is 1.17 bits per heavy atom. The van der Waals surface area contributed by atoms with Crippen LogP contribution in [-0.4, -0.2) is 37.7 Å². The van der Waals surface area contributed by atoms with Crippen LogP contribution in [0.5, 0.6) is 0 Å². The molecular formula is C8H22O2Si2. The molecule has 4 heteroatoms. The Labute approximate surface area is 77.4 Å². The lowest BCUT2D eigenvalue weighted by Gasteiger charge is -2.40. The van der Waals surface area contributed by atoms with Gasteiger partial charge in [0.1, 0.15) is 0 Å². The van der Waals surface area contributed by atoms with Gasteiger partial charge < -0.3 is 10.2 Å². The van der Waals surface area contributed by atoms with Crippen LogP contribution in [0.3, 0.4) is 0 Å². The summed E-state index contributed by atoms with van der Waals surface area (Å²) in [5.74, 6) is 0. The minimum absolute atomic E-state index is 0.147. The maximum Gasteiger partial charge on any atom is 0.0746 e. The molecule has 0 fully saturated rings. The van der Waals surface area contributed by atoms with Crippen LogP contribution >= 0.6 is 0 Å². The van der Waals surface area contributed by atoms with Gasteiger partial charge in [-0.3, -0.25) is 0 Å². The standard InChI is InChI=1S/C8H22O2Si2/c1-8(10)12(4,5)11(2,3)7-6-9/h8-10H,6-7H2,1-5H3. The van der Waals surface area contributed by atoms with E-state index in [4.69, 9.17) is 5.11 Å². The zero-order chi connectivity index (χ0) is 9.99. The Balaban J connectivity index is 4.50. The summed E-state index contributed by atoms with van der Waals surface area (Å²) >= 11 is 0. The number of hydrogen-bond acceptors (Lipinski definition) is 2. The summed E-state index contributed by atoms with van der Waals surface area (Å²) in [5.41, 5.74) is -0.147. The van der Waals surface area contributed by atoms with Gasteiger partial charge >= 0.3 is 0 Å². The van der Waals surface area contributed by atoms with Gasteiger partial charge in [-0.2, -0.15) is 0 Å². The van der Waals surface area contributed by atoms with E-state index in [1.807, 2.05) is 6.92 Å². The molecule has 0 aromatic rings. The first kappa shape index (κ1) is 12.4. The van der Waals surface area contributed by atoms with Crippen LogP contribution in [0, 0.1) is 0 Å². The van der Waals surface area contributed by atoms with Gasteiger partial charge in [0.15, 0.2) is 0 Å². The molecule has 1 atom stereocenters. The molecule has 1 unspecified atom stereocenters. The second-order valence-electron chi connectivity index (χ2n) is 4.76. The molecule has 0 aliphatic rings. The topological polar surface area (TPSA) is 40.5 Å². The lowest BCUT2D eigenvalue weighted by molar-refractivity contribution is 0.266. The van der Waals surface area contributed by atoms with E-state index in [0.717, 1.165) is 6.04 Å². The summed E-state index contributed by atoms with van der Waals surface area (Å²) in [4.78, 5) is 0. The highest BCUT2D eigenvalue weighted by Gasteiger charge is 2.43. The third-order valence-electron chi connectivity index (χ3n) is 3.53. The summed E-state index contributed by atoms with van der Waals surface area (Å²) in [5, 5.41) is 18.6. The van der Waals surface area contributed by atoms with Crippen LogP contribution in [0.25, 0.3) is 0 Å². The first-order valence-corrected chi connectivity index (χ1v) is 11.8. The minimum atomic E-state index is -1.49. The van der Waals surface area contributed by atoms with Gasteiger partial charge in [0, 0.05) is 19.9 Å². The molecule has 0 heterocycles.